The fourth-order valence-corrected chi connectivity index (χ4v) is 6.69. The van der Waals surface area contributed by atoms with Crippen molar-refractivity contribution in [2.45, 2.75) is 52.4 Å². The lowest BCUT2D eigenvalue weighted by Crippen LogP contribution is -2.18. The second kappa shape index (κ2) is 9.15. The Morgan fingerprint density at radius 1 is 0.444 bits per heavy atom. The van der Waals surface area contributed by atoms with E-state index in [1.807, 2.05) is 0 Å². The zero-order valence-electron chi connectivity index (χ0n) is 21.8. The van der Waals surface area contributed by atoms with Gasteiger partial charge in [0.25, 0.3) is 0 Å². The first-order valence-corrected chi connectivity index (χ1v) is 14.1. The van der Waals surface area contributed by atoms with Crippen molar-refractivity contribution in [1.29, 1.82) is 0 Å². The molecule has 0 amide bonds. The molecule has 0 aliphatic rings. The van der Waals surface area contributed by atoms with E-state index in [1.165, 1.54) is 54.9 Å². The van der Waals surface area contributed by atoms with Crippen LogP contribution in [0.1, 0.15) is 52.7 Å². The van der Waals surface area contributed by atoms with Gasteiger partial charge in [-0.15, -0.1) is 0 Å². The van der Waals surface area contributed by atoms with E-state index in [2.05, 4.69) is 158 Å². The van der Waals surface area contributed by atoms with E-state index in [0.717, 1.165) is 8.95 Å². The summed E-state index contributed by atoms with van der Waals surface area (Å²) in [4.78, 5) is 0. The van der Waals surface area contributed by atoms with E-state index in [0.29, 0.717) is 0 Å². The van der Waals surface area contributed by atoms with Gasteiger partial charge in [0.1, 0.15) is 0 Å². The SMILES string of the molecule is CC(C)(C)c1c2ccccc2c(C(C)(C)C)c2c(-c3ccccc3Br)c(-c3ccccc3Br)ccc12. The van der Waals surface area contributed by atoms with Crippen LogP contribution in [0.15, 0.2) is 93.9 Å². The van der Waals surface area contributed by atoms with Gasteiger partial charge in [-0.25, -0.2) is 0 Å². The van der Waals surface area contributed by atoms with Crippen molar-refractivity contribution in [2.24, 2.45) is 0 Å². The van der Waals surface area contributed by atoms with Crippen molar-refractivity contribution in [3.8, 4) is 22.3 Å². The number of halogens is 2. The minimum Gasteiger partial charge on any atom is -0.0616 e. The van der Waals surface area contributed by atoms with Crippen molar-refractivity contribution in [3.63, 3.8) is 0 Å². The zero-order valence-corrected chi connectivity index (χ0v) is 25.0. The maximum Gasteiger partial charge on any atom is 0.0254 e. The quantitative estimate of drug-likeness (QED) is 0.177. The molecule has 0 radical (unpaired) electrons. The van der Waals surface area contributed by atoms with Crippen molar-refractivity contribution in [3.05, 3.63) is 105 Å². The molecule has 5 aromatic rings. The minimum atomic E-state index is -0.0587. The number of hydrogen-bond donors (Lipinski definition) is 0. The molecular formula is C34H32Br2. The van der Waals surface area contributed by atoms with Gasteiger partial charge in [0.2, 0.25) is 0 Å². The number of fused-ring (bicyclic) bond motifs is 2. The maximum absolute atomic E-state index is 3.92. The van der Waals surface area contributed by atoms with Crippen molar-refractivity contribution in [2.75, 3.05) is 0 Å². The molecule has 0 unspecified atom stereocenters. The van der Waals surface area contributed by atoms with Crippen LogP contribution >= 0.6 is 31.9 Å². The summed E-state index contributed by atoms with van der Waals surface area (Å²) in [6.07, 6.45) is 0. The Hall–Kier alpha value is -2.42. The Kier molecular flexibility index (Phi) is 6.42. The van der Waals surface area contributed by atoms with E-state index in [9.17, 15) is 0 Å². The molecule has 0 heterocycles. The molecule has 5 rings (SSSR count). The summed E-state index contributed by atoms with van der Waals surface area (Å²) in [5, 5.41) is 5.40. The highest BCUT2D eigenvalue weighted by atomic mass is 79.9. The Morgan fingerprint density at radius 3 is 1.44 bits per heavy atom. The van der Waals surface area contributed by atoms with Crippen molar-refractivity contribution < 1.29 is 0 Å². The summed E-state index contributed by atoms with van der Waals surface area (Å²) in [5.41, 5.74) is 7.68. The van der Waals surface area contributed by atoms with Crippen LogP contribution < -0.4 is 0 Å². The third-order valence-electron chi connectivity index (χ3n) is 7.00. The molecule has 5 aromatic carbocycles. The molecule has 0 fully saturated rings. The average Bonchev–Trinajstić information content (AvgIpc) is 2.81. The Bertz CT molecular complexity index is 1610. The van der Waals surface area contributed by atoms with Crippen LogP contribution in [0, 0.1) is 0 Å². The largest absolute Gasteiger partial charge is 0.0616 e. The lowest BCUT2D eigenvalue weighted by Gasteiger charge is -2.32. The summed E-state index contributed by atoms with van der Waals surface area (Å²) in [5.74, 6) is 0. The van der Waals surface area contributed by atoms with Gasteiger partial charge >= 0.3 is 0 Å². The van der Waals surface area contributed by atoms with E-state index in [4.69, 9.17) is 0 Å². The second-order valence-electron chi connectivity index (χ2n) is 11.7. The molecule has 0 atom stereocenters. The van der Waals surface area contributed by atoms with Crippen molar-refractivity contribution >= 4 is 53.4 Å². The fourth-order valence-electron chi connectivity index (χ4n) is 5.70. The van der Waals surface area contributed by atoms with Crippen LogP contribution in [0.25, 0.3) is 43.8 Å². The van der Waals surface area contributed by atoms with Gasteiger partial charge in [0.05, 0.1) is 0 Å². The highest BCUT2D eigenvalue weighted by Gasteiger charge is 2.30. The molecule has 0 aromatic heterocycles. The molecule has 2 heteroatoms. The lowest BCUT2D eigenvalue weighted by molar-refractivity contribution is 0.593. The Morgan fingerprint density at radius 2 is 0.917 bits per heavy atom. The van der Waals surface area contributed by atoms with Gasteiger partial charge in [0, 0.05) is 8.95 Å². The molecule has 0 bridgehead atoms. The van der Waals surface area contributed by atoms with Gasteiger partial charge in [-0.2, -0.15) is 0 Å². The maximum atomic E-state index is 3.92. The van der Waals surface area contributed by atoms with Crippen LogP contribution in [-0.2, 0) is 10.8 Å². The normalized spacial score (nSPS) is 12.4. The Labute approximate surface area is 232 Å². The number of rotatable bonds is 2. The third kappa shape index (κ3) is 4.23. The zero-order chi connectivity index (χ0) is 25.8. The summed E-state index contributed by atoms with van der Waals surface area (Å²) in [6, 6.07) is 30.9. The summed E-state index contributed by atoms with van der Waals surface area (Å²) >= 11 is 7.77. The van der Waals surface area contributed by atoms with E-state index in [-0.39, 0.29) is 10.8 Å². The molecule has 182 valence electrons. The molecular weight excluding hydrogens is 568 g/mol. The number of benzene rings is 5. The summed E-state index contributed by atoms with van der Waals surface area (Å²) in [7, 11) is 0. The highest BCUT2D eigenvalue weighted by Crippen LogP contribution is 2.50. The van der Waals surface area contributed by atoms with E-state index < -0.39 is 0 Å². The molecule has 0 N–H and O–H groups in total. The van der Waals surface area contributed by atoms with Crippen LogP contribution in [0.3, 0.4) is 0 Å². The topological polar surface area (TPSA) is 0 Å². The lowest BCUT2D eigenvalue weighted by atomic mass is 9.72. The molecule has 0 aliphatic carbocycles. The number of hydrogen-bond acceptors (Lipinski definition) is 0. The van der Waals surface area contributed by atoms with Crippen molar-refractivity contribution in [1.82, 2.24) is 0 Å². The predicted molar refractivity (Wildman–Crippen MR) is 165 cm³/mol. The van der Waals surface area contributed by atoms with Gasteiger partial charge in [0.15, 0.2) is 0 Å². The molecule has 0 saturated heterocycles. The van der Waals surface area contributed by atoms with Gasteiger partial charge in [-0.05, 0) is 77.9 Å². The molecule has 36 heavy (non-hydrogen) atoms. The van der Waals surface area contributed by atoms with Gasteiger partial charge < -0.3 is 0 Å². The average molecular weight is 600 g/mol. The summed E-state index contributed by atoms with van der Waals surface area (Å²) in [6.45, 7) is 14.1. The van der Waals surface area contributed by atoms with E-state index >= 15 is 0 Å². The smallest absolute Gasteiger partial charge is 0.0254 e. The molecule has 0 aliphatic heterocycles. The minimum absolute atomic E-state index is 0.0195. The molecule has 0 nitrogen and oxygen atoms in total. The van der Waals surface area contributed by atoms with Crippen LogP contribution in [0.4, 0.5) is 0 Å². The highest BCUT2D eigenvalue weighted by molar-refractivity contribution is 9.11. The standard InChI is InChI=1S/C34H32Br2/c1-33(2,3)31-23-14-7-8-15-24(23)32(34(4,5)6)30-26(31)20-19-22(21-13-9-11-17-27(21)35)29(30)25-16-10-12-18-28(25)36/h7-20H,1-6H3. The second-order valence-corrected chi connectivity index (χ2v) is 13.4. The third-order valence-corrected chi connectivity index (χ3v) is 8.38. The molecule has 0 saturated carbocycles. The first kappa shape index (κ1) is 25.2. The Balaban J connectivity index is 2.15. The van der Waals surface area contributed by atoms with Crippen LogP contribution in [0.2, 0.25) is 0 Å². The monoisotopic (exact) mass is 598 g/mol. The predicted octanol–water partition coefficient (Wildman–Crippen LogP) is 11.4. The molecule has 0 spiro atoms. The first-order valence-electron chi connectivity index (χ1n) is 12.5. The first-order chi connectivity index (χ1) is 17.0. The van der Waals surface area contributed by atoms with E-state index in [1.54, 1.807) is 0 Å². The van der Waals surface area contributed by atoms with Gasteiger partial charge in [-0.3, -0.25) is 0 Å². The fraction of sp³-hybridized carbons (Fsp3) is 0.235. The van der Waals surface area contributed by atoms with Gasteiger partial charge in [-0.1, -0.05) is 146 Å². The summed E-state index contributed by atoms with van der Waals surface area (Å²) < 4.78 is 2.21. The van der Waals surface area contributed by atoms with Crippen LogP contribution in [-0.4, -0.2) is 0 Å². The van der Waals surface area contributed by atoms with Crippen LogP contribution in [0.5, 0.6) is 0 Å².